The van der Waals surface area contributed by atoms with Gasteiger partial charge in [-0.05, 0) is 36.6 Å². The van der Waals surface area contributed by atoms with E-state index in [2.05, 4.69) is 40.2 Å². The van der Waals surface area contributed by atoms with Gasteiger partial charge >= 0.3 is 0 Å². The van der Waals surface area contributed by atoms with Crippen LogP contribution < -0.4 is 5.32 Å². The third-order valence-electron chi connectivity index (χ3n) is 4.51. The van der Waals surface area contributed by atoms with E-state index in [1.54, 1.807) is 0 Å². The summed E-state index contributed by atoms with van der Waals surface area (Å²) in [6, 6.07) is 6.95. The zero-order chi connectivity index (χ0) is 13.1. The fourth-order valence-electron chi connectivity index (χ4n) is 3.13. The molecule has 0 bridgehead atoms. The van der Waals surface area contributed by atoms with Crippen LogP contribution in [0.15, 0.2) is 18.2 Å². The van der Waals surface area contributed by atoms with Crippen molar-refractivity contribution >= 4 is 5.69 Å². The lowest BCUT2D eigenvalue weighted by molar-refractivity contribution is 0.138. The Morgan fingerprint density at radius 3 is 2.68 bits per heavy atom. The van der Waals surface area contributed by atoms with Crippen LogP contribution >= 0.6 is 0 Å². The number of anilines is 1. The van der Waals surface area contributed by atoms with Gasteiger partial charge in [0.1, 0.15) is 0 Å². The molecule has 2 aliphatic rings. The number of hydrogen-bond acceptors (Lipinski definition) is 3. The molecular weight excluding hydrogens is 234 g/mol. The second-order valence-corrected chi connectivity index (χ2v) is 5.69. The Morgan fingerprint density at radius 1 is 1.11 bits per heavy atom. The third kappa shape index (κ3) is 3.10. The molecule has 0 unspecified atom stereocenters. The van der Waals surface area contributed by atoms with Gasteiger partial charge in [-0.25, -0.2) is 0 Å². The van der Waals surface area contributed by atoms with Gasteiger partial charge in [0.05, 0.1) is 0 Å². The van der Waals surface area contributed by atoms with E-state index in [9.17, 15) is 0 Å². The Morgan fingerprint density at radius 2 is 1.89 bits per heavy atom. The summed E-state index contributed by atoms with van der Waals surface area (Å²) < 4.78 is 0. The van der Waals surface area contributed by atoms with E-state index in [0.29, 0.717) is 0 Å². The van der Waals surface area contributed by atoms with Crippen molar-refractivity contribution in [2.45, 2.75) is 19.8 Å². The lowest BCUT2D eigenvalue weighted by atomic mass is 10.1. The molecule has 1 saturated heterocycles. The first kappa shape index (κ1) is 12.9. The topological polar surface area (TPSA) is 18.5 Å². The van der Waals surface area contributed by atoms with E-state index < -0.39 is 0 Å². The quantitative estimate of drug-likeness (QED) is 0.890. The second kappa shape index (κ2) is 5.93. The molecule has 0 saturated carbocycles. The number of fused-ring (bicyclic) bond motifs is 1. The van der Waals surface area contributed by atoms with Crippen molar-refractivity contribution in [2.75, 3.05) is 51.1 Å². The molecule has 0 spiro atoms. The maximum atomic E-state index is 3.43. The maximum absolute atomic E-state index is 3.43. The highest BCUT2D eigenvalue weighted by molar-refractivity contribution is 5.56. The molecule has 1 fully saturated rings. The fourth-order valence-corrected chi connectivity index (χ4v) is 3.13. The summed E-state index contributed by atoms with van der Waals surface area (Å²) in [5.41, 5.74) is 4.36. The molecule has 0 atom stereocenters. The highest BCUT2D eigenvalue weighted by Crippen LogP contribution is 2.23. The van der Waals surface area contributed by atoms with Crippen LogP contribution in [0.3, 0.4) is 0 Å². The molecule has 1 aromatic rings. The van der Waals surface area contributed by atoms with Gasteiger partial charge in [-0.1, -0.05) is 19.1 Å². The molecular formula is C16H25N3. The summed E-state index contributed by atoms with van der Waals surface area (Å²) in [6.07, 6.45) is 2.39. The van der Waals surface area contributed by atoms with Crippen molar-refractivity contribution < 1.29 is 0 Å². The predicted octanol–water partition coefficient (Wildman–Crippen LogP) is 1.83. The highest BCUT2D eigenvalue weighted by Gasteiger charge is 2.15. The second-order valence-electron chi connectivity index (χ2n) is 5.69. The average molecular weight is 259 g/mol. The Labute approximate surface area is 116 Å². The van der Waals surface area contributed by atoms with E-state index in [1.165, 1.54) is 68.9 Å². The van der Waals surface area contributed by atoms with Crippen molar-refractivity contribution in [1.82, 2.24) is 9.80 Å². The van der Waals surface area contributed by atoms with Gasteiger partial charge in [0.15, 0.2) is 0 Å². The highest BCUT2D eigenvalue weighted by atomic mass is 15.3. The molecule has 104 valence electrons. The smallest absolute Gasteiger partial charge is 0.0373 e. The minimum absolute atomic E-state index is 1.11. The molecule has 2 aliphatic heterocycles. The van der Waals surface area contributed by atoms with Crippen molar-refractivity contribution in [3.8, 4) is 0 Å². The Balaban J connectivity index is 1.50. The summed E-state index contributed by atoms with van der Waals surface area (Å²) >= 11 is 0. The zero-order valence-electron chi connectivity index (χ0n) is 12.0. The van der Waals surface area contributed by atoms with Crippen LogP contribution in [0.25, 0.3) is 0 Å². The van der Waals surface area contributed by atoms with Gasteiger partial charge in [-0.15, -0.1) is 0 Å². The summed E-state index contributed by atoms with van der Waals surface area (Å²) in [4.78, 5) is 5.15. The molecule has 1 aromatic carbocycles. The van der Waals surface area contributed by atoms with Crippen LogP contribution in [0.5, 0.6) is 0 Å². The third-order valence-corrected chi connectivity index (χ3v) is 4.51. The summed E-state index contributed by atoms with van der Waals surface area (Å²) in [5, 5.41) is 3.43. The van der Waals surface area contributed by atoms with Crippen molar-refractivity contribution in [3.63, 3.8) is 0 Å². The van der Waals surface area contributed by atoms with Gasteiger partial charge in [-0.3, -0.25) is 0 Å². The summed E-state index contributed by atoms with van der Waals surface area (Å²) in [7, 11) is 0. The van der Waals surface area contributed by atoms with Crippen molar-refractivity contribution in [1.29, 1.82) is 0 Å². The van der Waals surface area contributed by atoms with Crippen molar-refractivity contribution in [3.05, 3.63) is 29.3 Å². The molecule has 0 radical (unpaired) electrons. The lowest BCUT2D eigenvalue weighted by Crippen LogP contribution is -2.46. The van der Waals surface area contributed by atoms with E-state index >= 15 is 0 Å². The number of likely N-dealkylation sites (N-methyl/N-ethyl adjacent to an activating group) is 1. The summed E-state index contributed by atoms with van der Waals surface area (Å²) in [5.74, 6) is 0. The average Bonchev–Trinajstić information content (AvgIpc) is 2.93. The van der Waals surface area contributed by atoms with E-state index in [1.807, 2.05) is 0 Å². The van der Waals surface area contributed by atoms with Gasteiger partial charge in [-0.2, -0.15) is 0 Å². The summed E-state index contributed by atoms with van der Waals surface area (Å²) in [6.45, 7) is 10.7. The predicted molar refractivity (Wildman–Crippen MR) is 80.9 cm³/mol. The first-order valence-electron chi connectivity index (χ1n) is 7.65. The van der Waals surface area contributed by atoms with Crippen LogP contribution in [0, 0.1) is 0 Å². The van der Waals surface area contributed by atoms with Crippen LogP contribution in [0.4, 0.5) is 5.69 Å². The standard InChI is InChI=1S/C16H25N3/c1-2-18-9-11-19(12-10-18)8-6-14-3-4-16-15(13-14)5-7-17-16/h3-4,13,17H,2,5-12H2,1H3. The molecule has 3 nitrogen and oxygen atoms in total. The Kier molecular flexibility index (Phi) is 4.04. The largest absolute Gasteiger partial charge is 0.384 e. The molecule has 19 heavy (non-hydrogen) atoms. The van der Waals surface area contributed by atoms with E-state index in [0.717, 1.165) is 6.54 Å². The molecule has 1 N–H and O–H groups in total. The zero-order valence-corrected chi connectivity index (χ0v) is 12.0. The number of piperazine rings is 1. The van der Waals surface area contributed by atoms with Crippen LogP contribution in [-0.4, -0.2) is 55.6 Å². The first-order valence-corrected chi connectivity index (χ1v) is 7.65. The van der Waals surface area contributed by atoms with Crippen LogP contribution in [0.1, 0.15) is 18.1 Å². The molecule has 3 heteroatoms. The molecule has 0 aromatic heterocycles. The Bertz CT molecular complexity index is 422. The minimum atomic E-state index is 1.11. The van der Waals surface area contributed by atoms with Crippen LogP contribution in [0.2, 0.25) is 0 Å². The van der Waals surface area contributed by atoms with E-state index in [4.69, 9.17) is 0 Å². The number of benzene rings is 1. The monoisotopic (exact) mass is 259 g/mol. The SMILES string of the molecule is CCN1CCN(CCc2ccc3c(c2)CCN3)CC1. The van der Waals surface area contributed by atoms with E-state index in [-0.39, 0.29) is 0 Å². The number of rotatable bonds is 4. The fraction of sp³-hybridized carbons (Fsp3) is 0.625. The van der Waals surface area contributed by atoms with Gasteiger partial charge in [0.2, 0.25) is 0 Å². The number of nitrogens with zero attached hydrogens (tertiary/aromatic N) is 2. The minimum Gasteiger partial charge on any atom is -0.384 e. The van der Waals surface area contributed by atoms with Gasteiger partial charge in [0.25, 0.3) is 0 Å². The normalized spacial score (nSPS) is 20.3. The molecule has 0 aliphatic carbocycles. The molecule has 3 rings (SSSR count). The number of hydrogen-bond donors (Lipinski definition) is 1. The Hall–Kier alpha value is -1.06. The van der Waals surface area contributed by atoms with Gasteiger partial charge in [0, 0.05) is 45.0 Å². The number of nitrogens with one attached hydrogen (secondary N) is 1. The lowest BCUT2D eigenvalue weighted by Gasteiger charge is -2.34. The molecule has 2 heterocycles. The van der Waals surface area contributed by atoms with Crippen molar-refractivity contribution in [2.24, 2.45) is 0 Å². The molecule has 0 amide bonds. The van der Waals surface area contributed by atoms with Crippen LogP contribution in [-0.2, 0) is 12.8 Å². The maximum Gasteiger partial charge on any atom is 0.0373 e. The van der Waals surface area contributed by atoms with Gasteiger partial charge < -0.3 is 15.1 Å². The first-order chi connectivity index (χ1) is 9.35.